The SMILES string of the molecule is Nc1nc(SCC(=O)c2ccccc2)nc2sc3c(c12)CCCC3. The van der Waals surface area contributed by atoms with E-state index in [0.717, 1.165) is 23.1 Å². The number of anilines is 1. The third kappa shape index (κ3) is 2.91. The van der Waals surface area contributed by atoms with Gasteiger partial charge in [0.2, 0.25) is 0 Å². The third-order valence-electron chi connectivity index (χ3n) is 4.25. The molecular weight excluding hydrogens is 338 g/mol. The monoisotopic (exact) mass is 355 g/mol. The number of nitrogen functional groups attached to an aromatic ring is 1. The van der Waals surface area contributed by atoms with Crippen LogP contribution in [0.4, 0.5) is 5.82 Å². The number of aromatic nitrogens is 2. The largest absolute Gasteiger partial charge is 0.383 e. The highest BCUT2D eigenvalue weighted by atomic mass is 32.2. The van der Waals surface area contributed by atoms with Crippen LogP contribution in [0.2, 0.25) is 0 Å². The summed E-state index contributed by atoms with van der Waals surface area (Å²) in [5.74, 6) is 0.947. The average molecular weight is 355 g/mol. The zero-order valence-corrected chi connectivity index (χ0v) is 14.8. The molecule has 1 aliphatic rings. The Bertz CT molecular complexity index is 906. The summed E-state index contributed by atoms with van der Waals surface area (Å²) >= 11 is 3.08. The number of aryl methyl sites for hydroxylation is 2. The first-order valence-electron chi connectivity index (χ1n) is 8.01. The fourth-order valence-corrected chi connectivity index (χ4v) is 5.14. The minimum absolute atomic E-state index is 0.0772. The summed E-state index contributed by atoms with van der Waals surface area (Å²) < 4.78 is 0. The van der Waals surface area contributed by atoms with E-state index >= 15 is 0 Å². The predicted octanol–water partition coefficient (Wildman–Crippen LogP) is 4.13. The van der Waals surface area contributed by atoms with Crippen LogP contribution >= 0.6 is 23.1 Å². The molecular formula is C18H17N3OS2. The maximum absolute atomic E-state index is 12.2. The lowest BCUT2D eigenvalue weighted by Crippen LogP contribution is -2.04. The number of fused-ring (bicyclic) bond motifs is 3. The number of ketones is 1. The highest BCUT2D eigenvalue weighted by Gasteiger charge is 2.20. The molecule has 0 radical (unpaired) electrons. The summed E-state index contributed by atoms with van der Waals surface area (Å²) in [6.07, 6.45) is 4.63. The van der Waals surface area contributed by atoms with E-state index in [-0.39, 0.29) is 5.78 Å². The molecule has 4 nitrogen and oxygen atoms in total. The average Bonchev–Trinajstić information content (AvgIpc) is 2.99. The van der Waals surface area contributed by atoms with Crippen molar-refractivity contribution in [2.24, 2.45) is 0 Å². The second kappa shape index (κ2) is 6.53. The van der Waals surface area contributed by atoms with Crippen LogP contribution < -0.4 is 5.73 Å². The number of nitrogens with two attached hydrogens (primary N) is 1. The minimum Gasteiger partial charge on any atom is -0.383 e. The standard InChI is InChI=1S/C18H17N3OS2/c19-16-15-12-8-4-5-9-14(12)24-17(15)21-18(20-16)23-10-13(22)11-6-2-1-3-7-11/h1-3,6-7H,4-5,8-10H2,(H2,19,20,21). The molecule has 24 heavy (non-hydrogen) atoms. The van der Waals surface area contributed by atoms with Gasteiger partial charge >= 0.3 is 0 Å². The molecule has 3 aromatic rings. The lowest BCUT2D eigenvalue weighted by atomic mass is 9.97. The van der Waals surface area contributed by atoms with Crippen LogP contribution in [-0.2, 0) is 12.8 Å². The Balaban J connectivity index is 1.58. The molecule has 0 saturated heterocycles. The number of carbonyl (C=O) groups excluding carboxylic acids is 1. The number of carbonyl (C=O) groups is 1. The van der Waals surface area contributed by atoms with Gasteiger partial charge in [0.1, 0.15) is 10.6 Å². The Morgan fingerprint density at radius 2 is 1.96 bits per heavy atom. The first kappa shape index (κ1) is 15.6. The van der Waals surface area contributed by atoms with Gasteiger partial charge in [-0.25, -0.2) is 9.97 Å². The Kier molecular flexibility index (Phi) is 4.24. The number of hydrogen-bond acceptors (Lipinski definition) is 6. The third-order valence-corrected chi connectivity index (χ3v) is 6.28. The molecule has 2 aromatic heterocycles. The summed E-state index contributed by atoms with van der Waals surface area (Å²) in [6.45, 7) is 0. The molecule has 2 N–H and O–H groups in total. The van der Waals surface area contributed by atoms with E-state index in [2.05, 4.69) is 9.97 Å². The van der Waals surface area contributed by atoms with E-state index in [1.807, 2.05) is 30.3 Å². The highest BCUT2D eigenvalue weighted by Crippen LogP contribution is 2.38. The smallest absolute Gasteiger partial charge is 0.191 e. The van der Waals surface area contributed by atoms with Crippen molar-refractivity contribution in [2.45, 2.75) is 30.8 Å². The number of thioether (sulfide) groups is 1. The molecule has 1 aliphatic carbocycles. The van der Waals surface area contributed by atoms with Crippen molar-refractivity contribution in [2.75, 3.05) is 11.5 Å². The number of Topliss-reactive ketones (excluding diaryl/α,β-unsaturated/α-hetero) is 1. The minimum atomic E-state index is 0.0772. The van der Waals surface area contributed by atoms with Crippen LogP contribution in [0.15, 0.2) is 35.5 Å². The van der Waals surface area contributed by atoms with Gasteiger partial charge < -0.3 is 5.73 Å². The Labute approximate surface area is 148 Å². The number of thiophene rings is 1. The van der Waals surface area contributed by atoms with E-state index in [9.17, 15) is 4.79 Å². The van der Waals surface area contributed by atoms with Gasteiger partial charge in [0.15, 0.2) is 10.9 Å². The lowest BCUT2D eigenvalue weighted by Gasteiger charge is -2.10. The van der Waals surface area contributed by atoms with Gasteiger partial charge in [-0.05, 0) is 31.2 Å². The van der Waals surface area contributed by atoms with E-state index in [1.165, 1.54) is 35.0 Å². The Morgan fingerprint density at radius 3 is 2.79 bits per heavy atom. The summed E-state index contributed by atoms with van der Waals surface area (Å²) in [5, 5.41) is 1.62. The Morgan fingerprint density at radius 1 is 1.17 bits per heavy atom. The van der Waals surface area contributed by atoms with Crippen LogP contribution in [0.5, 0.6) is 0 Å². The summed E-state index contributed by atoms with van der Waals surface area (Å²) in [6, 6.07) is 9.30. The maximum atomic E-state index is 12.2. The van der Waals surface area contributed by atoms with Crippen molar-refractivity contribution >= 4 is 44.9 Å². The van der Waals surface area contributed by atoms with Crippen LogP contribution in [0.3, 0.4) is 0 Å². The second-order valence-corrected chi connectivity index (χ2v) is 7.89. The van der Waals surface area contributed by atoms with E-state index < -0.39 is 0 Å². The maximum Gasteiger partial charge on any atom is 0.191 e. The molecule has 0 unspecified atom stereocenters. The second-order valence-electron chi connectivity index (χ2n) is 5.86. The zero-order chi connectivity index (χ0) is 16.5. The first-order chi connectivity index (χ1) is 11.7. The number of nitrogens with zero attached hydrogens (tertiary/aromatic N) is 2. The van der Waals surface area contributed by atoms with Gasteiger partial charge in [0.25, 0.3) is 0 Å². The summed E-state index contributed by atoms with van der Waals surface area (Å²) in [5.41, 5.74) is 8.26. The van der Waals surface area contributed by atoms with Crippen LogP contribution in [0.1, 0.15) is 33.6 Å². The first-order valence-corrected chi connectivity index (χ1v) is 9.81. The van der Waals surface area contributed by atoms with Crippen molar-refractivity contribution in [3.8, 4) is 0 Å². The van der Waals surface area contributed by atoms with Gasteiger partial charge in [0.05, 0.1) is 11.1 Å². The molecule has 0 atom stereocenters. The Hall–Kier alpha value is -1.92. The molecule has 0 spiro atoms. The van der Waals surface area contributed by atoms with Gasteiger partial charge in [-0.1, -0.05) is 42.1 Å². The summed E-state index contributed by atoms with van der Waals surface area (Å²) in [7, 11) is 0. The molecule has 6 heteroatoms. The molecule has 1 aromatic carbocycles. The molecule has 2 heterocycles. The number of hydrogen-bond donors (Lipinski definition) is 1. The topological polar surface area (TPSA) is 68.9 Å². The molecule has 0 aliphatic heterocycles. The van der Waals surface area contributed by atoms with E-state index in [1.54, 1.807) is 11.3 Å². The van der Waals surface area contributed by atoms with Crippen molar-refractivity contribution in [1.82, 2.24) is 9.97 Å². The normalized spacial score (nSPS) is 13.8. The quantitative estimate of drug-likeness (QED) is 0.433. The zero-order valence-electron chi connectivity index (χ0n) is 13.1. The van der Waals surface area contributed by atoms with Crippen LogP contribution in [0, 0.1) is 0 Å². The molecule has 0 bridgehead atoms. The highest BCUT2D eigenvalue weighted by molar-refractivity contribution is 7.99. The van der Waals surface area contributed by atoms with Crippen LogP contribution in [0.25, 0.3) is 10.2 Å². The fraction of sp³-hybridized carbons (Fsp3) is 0.278. The van der Waals surface area contributed by atoms with Gasteiger partial charge in [-0.15, -0.1) is 11.3 Å². The van der Waals surface area contributed by atoms with Crippen molar-refractivity contribution < 1.29 is 4.79 Å². The van der Waals surface area contributed by atoms with Crippen molar-refractivity contribution in [3.63, 3.8) is 0 Å². The lowest BCUT2D eigenvalue weighted by molar-refractivity contribution is 0.102. The number of benzene rings is 1. The van der Waals surface area contributed by atoms with Crippen LogP contribution in [-0.4, -0.2) is 21.5 Å². The van der Waals surface area contributed by atoms with Crippen molar-refractivity contribution in [1.29, 1.82) is 0 Å². The van der Waals surface area contributed by atoms with Gasteiger partial charge in [-0.2, -0.15) is 0 Å². The number of rotatable bonds is 4. The molecule has 4 rings (SSSR count). The summed E-state index contributed by atoms with van der Waals surface area (Å²) in [4.78, 5) is 23.7. The van der Waals surface area contributed by atoms with Crippen molar-refractivity contribution in [3.05, 3.63) is 46.3 Å². The predicted molar refractivity (Wildman–Crippen MR) is 100.0 cm³/mol. The molecule has 0 fully saturated rings. The molecule has 0 amide bonds. The molecule has 0 saturated carbocycles. The van der Waals surface area contributed by atoms with E-state index in [4.69, 9.17) is 5.73 Å². The van der Waals surface area contributed by atoms with E-state index in [0.29, 0.717) is 22.3 Å². The fourth-order valence-electron chi connectivity index (χ4n) is 3.07. The van der Waals surface area contributed by atoms with Gasteiger partial charge in [-0.3, -0.25) is 4.79 Å². The molecule has 122 valence electrons. The van der Waals surface area contributed by atoms with Gasteiger partial charge in [0, 0.05) is 10.4 Å².